The summed E-state index contributed by atoms with van der Waals surface area (Å²) in [6, 6.07) is 13.7. The van der Waals surface area contributed by atoms with Crippen LogP contribution in [0.3, 0.4) is 0 Å². The Kier molecular flexibility index (Phi) is 6.70. The van der Waals surface area contributed by atoms with E-state index in [1.165, 1.54) is 33.6 Å². The van der Waals surface area contributed by atoms with Gasteiger partial charge in [0.15, 0.2) is 0 Å². The molecule has 0 amide bonds. The molecule has 0 unspecified atom stereocenters. The molecule has 1 aliphatic heterocycles. The van der Waals surface area contributed by atoms with Gasteiger partial charge in [-0.2, -0.15) is 0 Å². The number of nitrogens with zero attached hydrogens (tertiary/aromatic N) is 2. The molecule has 0 radical (unpaired) electrons. The van der Waals surface area contributed by atoms with Crippen molar-refractivity contribution in [3.05, 3.63) is 71.1 Å². The summed E-state index contributed by atoms with van der Waals surface area (Å²) in [5.41, 5.74) is 8.51. The van der Waals surface area contributed by atoms with E-state index in [0.717, 1.165) is 0 Å². The number of rotatable bonds is 6. The first-order valence-corrected chi connectivity index (χ1v) is 11.7. The van der Waals surface area contributed by atoms with E-state index < -0.39 is 0 Å². The smallest absolute Gasteiger partial charge is 0.370 e. The highest BCUT2D eigenvalue weighted by Gasteiger charge is 2.35. The molecular weight excluding hydrogens is 363 g/mol. The zero-order chi connectivity index (χ0) is 22.2. The molecule has 0 saturated heterocycles. The van der Waals surface area contributed by atoms with Gasteiger partial charge in [0.05, 0.1) is 0 Å². The summed E-state index contributed by atoms with van der Waals surface area (Å²) in [5.74, 6) is 1.95. The van der Waals surface area contributed by atoms with Crippen LogP contribution in [0.2, 0.25) is 6.82 Å². The topological polar surface area (TPSA) is 6.48 Å². The Bertz CT molecular complexity index is 785. The van der Waals surface area contributed by atoms with Gasteiger partial charge in [0.2, 0.25) is 0 Å². The van der Waals surface area contributed by atoms with E-state index in [1.807, 2.05) is 0 Å². The second kappa shape index (κ2) is 8.92. The summed E-state index contributed by atoms with van der Waals surface area (Å²) in [6.45, 7) is 21.0. The summed E-state index contributed by atoms with van der Waals surface area (Å²) in [5, 5.41) is 0. The molecule has 3 heteroatoms. The van der Waals surface area contributed by atoms with Gasteiger partial charge in [-0.1, -0.05) is 91.8 Å². The minimum Gasteiger partial charge on any atom is -0.370 e. The van der Waals surface area contributed by atoms with Crippen molar-refractivity contribution in [3.8, 4) is 0 Å². The first-order valence-electron chi connectivity index (χ1n) is 11.7. The van der Waals surface area contributed by atoms with E-state index in [0.29, 0.717) is 23.7 Å². The molecular formula is C27H39BN2. The van der Waals surface area contributed by atoms with Crippen molar-refractivity contribution in [1.29, 1.82) is 0 Å². The summed E-state index contributed by atoms with van der Waals surface area (Å²) in [4.78, 5) is 4.98. The van der Waals surface area contributed by atoms with Crippen molar-refractivity contribution in [2.45, 2.75) is 85.9 Å². The summed E-state index contributed by atoms with van der Waals surface area (Å²) in [7, 11) is 0. The van der Waals surface area contributed by atoms with E-state index in [9.17, 15) is 0 Å². The third-order valence-electron chi connectivity index (χ3n) is 6.39. The van der Waals surface area contributed by atoms with Gasteiger partial charge in [0, 0.05) is 23.8 Å². The van der Waals surface area contributed by atoms with Crippen LogP contribution in [0.1, 0.15) is 101 Å². The van der Waals surface area contributed by atoms with Crippen LogP contribution in [0.4, 0.5) is 11.4 Å². The summed E-state index contributed by atoms with van der Waals surface area (Å²) >= 11 is 0. The Labute approximate surface area is 185 Å². The maximum atomic E-state index is 2.49. The van der Waals surface area contributed by atoms with Crippen LogP contribution in [-0.2, 0) is 0 Å². The Hall–Kier alpha value is -2.16. The Balaban J connectivity index is 2.12. The quantitative estimate of drug-likeness (QED) is 0.450. The van der Waals surface area contributed by atoms with Crippen LogP contribution in [-0.4, -0.2) is 6.98 Å². The van der Waals surface area contributed by atoms with E-state index in [4.69, 9.17) is 0 Å². The molecule has 0 fully saturated rings. The molecule has 0 bridgehead atoms. The fraction of sp³-hybridized carbons (Fsp3) is 0.481. The standard InChI is InChI=1S/C27H39BN2/c1-18(2)22-12-10-13-23(19(3)4)26(22)29-16-17-30(28(29)9)27-24(20(5)6)14-11-15-25(27)21(7)8/h10-21H,1-9H3. The summed E-state index contributed by atoms with van der Waals surface area (Å²) in [6.07, 6.45) is 4.58. The van der Waals surface area contributed by atoms with Gasteiger partial charge in [0.1, 0.15) is 0 Å². The van der Waals surface area contributed by atoms with Crippen molar-refractivity contribution in [3.63, 3.8) is 0 Å². The third kappa shape index (κ3) is 4.04. The van der Waals surface area contributed by atoms with Crippen LogP contribution in [0.25, 0.3) is 0 Å². The largest absolute Gasteiger partial charge is 0.380 e. The molecule has 2 aromatic rings. The molecule has 0 aromatic heterocycles. The molecule has 0 saturated carbocycles. The minimum atomic E-state index is 0.236. The fourth-order valence-corrected chi connectivity index (χ4v) is 4.67. The predicted octanol–water partition coefficient (Wildman–Crippen LogP) is 8.10. The summed E-state index contributed by atoms with van der Waals surface area (Å²) < 4.78 is 0. The van der Waals surface area contributed by atoms with E-state index in [1.54, 1.807) is 0 Å². The van der Waals surface area contributed by atoms with Crippen LogP contribution in [0.15, 0.2) is 48.8 Å². The van der Waals surface area contributed by atoms with Crippen LogP contribution < -0.4 is 9.62 Å². The lowest BCUT2D eigenvalue weighted by atomic mass is 9.73. The SMILES string of the molecule is CB1N(c2c(C(C)C)cccc2C(C)C)C=CN1c1c(C(C)C)cccc1C(C)C. The molecule has 2 aromatic carbocycles. The lowest BCUT2D eigenvalue weighted by Crippen LogP contribution is -2.43. The van der Waals surface area contributed by atoms with Gasteiger partial charge in [-0.15, -0.1) is 0 Å². The Morgan fingerprint density at radius 1 is 0.533 bits per heavy atom. The van der Waals surface area contributed by atoms with Gasteiger partial charge >= 0.3 is 6.98 Å². The Morgan fingerprint density at radius 2 is 0.800 bits per heavy atom. The minimum absolute atomic E-state index is 0.236. The van der Waals surface area contributed by atoms with Crippen molar-refractivity contribution in [2.75, 3.05) is 9.62 Å². The molecule has 0 N–H and O–H groups in total. The van der Waals surface area contributed by atoms with Crippen LogP contribution >= 0.6 is 0 Å². The monoisotopic (exact) mass is 402 g/mol. The Morgan fingerprint density at radius 3 is 1.03 bits per heavy atom. The van der Waals surface area contributed by atoms with Gasteiger partial charge in [-0.25, -0.2) is 0 Å². The number of hydrogen-bond acceptors (Lipinski definition) is 2. The zero-order valence-corrected chi connectivity index (χ0v) is 20.4. The van der Waals surface area contributed by atoms with E-state index in [-0.39, 0.29) is 6.98 Å². The van der Waals surface area contributed by atoms with Crippen LogP contribution in [0.5, 0.6) is 0 Å². The number of anilines is 2. The van der Waals surface area contributed by atoms with Gasteiger partial charge in [-0.05, 0) is 52.7 Å². The average molecular weight is 402 g/mol. The second-order valence-corrected chi connectivity index (χ2v) is 9.93. The van der Waals surface area contributed by atoms with E-state index in [2.05, 4.69) is 121 Å². The van der Waals surface area contributed by atoms with Crippen LogP contribution in [0, 0.1) is 0 Å². The first-order chi connectivity index (χ1) is 14.1. The highest BCUT2D eigenvalue weighted by atomic mass is 15.3. The molecule has 1 aliphatic rings. The van der Waals surface area contributed by atoms with Gasteiger partial charge in [0.25, 0.3) is 0 Å². The molecule has 0 atom stereocenters. The molecule has 3 rings (SSSR count). The highest BCUT2D eigenvalue weighted by molar-refractivity contribution is 6.68. The number of benzene rings is 2. The lowest BCUT2D eigenvalue weighted by Gasteiger charge is -2.34. The van der Waals surface area contributed by atoms with E-state index >= 15 is 0 Å². The second-order valence-electron chi connectivity index (χ2n) is 9.93. The third-order valence-corrected chi connectivity index (χ3v) is 6.39. The van der Waals surface area contributed by atoms with Crippen molar-refractivity contribution >= 4 is 18.4 Å². The fourth-order valence-electron chi connectivity index (χ4n) is 4.67. The highest BCUT2D eigenvalue weighted by Crippen LogP contribution is 2.42. The average Bonchev–Trinajstić information content (AvgIpc) is 3.07. The number of hydrogen-bond donors (Lipinski definition) is 0. The van der Waals surface area contributed by atoms with Crippen molar-refractivity contribution < 1.29 is 0 Å². The predicted molar refractivity (Wildman–Crippen MR) is 135 cm³/mol. The lowest BCUT2D eigenvalue weighted by molar-refractivity contribution is 0.831. The van der Waals surface area contributed by atoms with Crippen molar-refractivity contribution in [1.82, 2.24) is 0 Å². The molecule has 0 spiro atoms. The molecule has 0 aliphatic carbocycles. The first kappa shape index (κ1) is 22.5. The van der Waals surface area contributed by atoms with Gasteiger partial charge < -0.3 is 9.62 Å². The molecule has 160 valence electrons. The zero-order valence-electron chi connectivity index (χ0n) is 20.4. The van der Waals surface area contributed by atoms with Gasteiger partial charge in [-0.3, -0.25) is 0 Å². The molecule has 1 heterocycles. The normalized spacial score (nSPS) is 14.4. The maximum Gasteiger partial charge on any atom is 0.380 e. The molecule has 2 nitrogen and oxygen atoms in total. The molecule has 30 heavy (non-hydrogen) atoms. The number of para-hydroxylation sites is 2. The van der Waals surface area contributed by atoms with Crippen molar-refractivity contribution in [2.24, 2.45) is 0 Å². The maximum absolute atomic E-state index is 2.49.